The molecule has 2 heterocycles. The van der Waals surface area contributed by atoms with Gasteiger partial charge in [0.05, 0.1) is 5.75 Å². The first-order valence-corrected chi connectivity index (χ1v) is 8.23. The number of hydrogen-bond acceptors (Lipinski definition) is 9. The monoisotopic (exact) mass is 358 g/mol. The van der Waals surface area contributed by atoms with E-state index in [0.717, 1.165) is 5.69 Å². The van der Waals surface area contributed by atoms with Gasteiger partial charge in [-0.2, -0.15) is 15.0 Å². The molecule has 0 atom stereocenters. The number of nitrogens with one attached hydrogen (secondary N) is 1. The van der Waals surface area contributed by atoms with Crippen molar-refractivity contribution < 1.29 is 4.39 Å². The molecule has 0 saturated carbocycles. The fraction of sp³-hybridized carbons (Fsp3) is 0.133. The van der Waals surface area contributed by atoms with Gasteiger partial charge in [0.1, 0.15) is 17.5 Å². The van der Waals surface area contributed by atoms with Gasteiger partial charge in [-0.05, 0) is 31.2 Å². The molecule has 8 nitrogen and oxygen atoms in total. The molecule has 0 aliphatic rings. The van der Waals surface area contributed by atoms with Crippen molar-refractivity contribution in [2.75, 3.05) is 16.8 Å². The Balaban J connectivity index is 1.73. The molecule has 5 N–H and O–H groups in total. The van der Waals surface area contributed by atoms with Crippen LogP contribution in [0.1, 0.15) is 11.5 Å². The highest BCUT2D eigenvalue weighted by molar-refractivity contribution is 7.98. The van der Waals surface area contributed by atoms with E-state index in [2.05, 4.69) is 30.2 Å². The first kappa shape index (κ1) is 16.8. The first-order chi connectivity index (χ1) is 12.0. The lowest BCUT2D eigenvalue weighted by Gasteiger charge is -2.07. The highest BCUT2D eigenvalue weighted by Crippen LogP contribution is 2.20. The summed E-state index contributed by atoms with van der Waals surface area (Å²) >= 11 is 1.34. The molecule has 0 aliphatic heterocycles. The summed E-state index contributed by atoms with van der Waals surface area (Å²) in [5.41, 5.74) is 12.9. The van der Waals surface area contributed by atoms with E-state index in [1.54, 1.807) is 18.2 Å². The van der Waals surface area contributed by atoms with E-state index in [1.165, 1.54) is 23.9 Å². The summed E-state index contributed by atoms with van der Waals surface area (Å²) in [7, 11) is 0. The zero-order valence-corrected chi connectivity index (χ0v) is 14.1. The van der Waals surface area contributed by atoms with Crippen LogP contribution < -0.4 is 16.8 Å². The van der Waals surface area contributed by atoms with Crippen LogP contribution in [0.2, 0.25) is 0 Å². The van der Waals surface area contributed by atoms with Crippen molar-refractivity contribution in [1.29, 1.82) is 0 Å². The van der Waals surface area contributed by atoms with E-state index in [1.807, 2.05) is 6.92 Å². The van der Waals surface area contributed by atoms with Crippen molar-refractivity contribution in [3.63, 3.8) is 0 Å². The summed E-state index contributed by atoms with van der Waals surface area (Å²) in [4.78, 5) is 20.9. The van der Waals surface area contributed by atoms with E-state index in [-0.39, 0.29) is 17.7 Å². The molecule has 1 aromatic carbocycles. The molecule has 0 saturated heterocycles. The van der Waals surface area contributed by atoms with Gasteiger partial charge in [-0.3, -0.25) is 0 Å². The second-order valence-corrected chi connectivity index (χ2v) is 6.01. The van der Waals surface area contributed by atoms with E-state index in [0.29, 0.717) is 28.2 Å². The van der Waals surface area contributed by atoms with E-state index >= 15 is 0 Å². The highest BCUT2D eigenvalue weighted by Gasteiger charge is 2.08. The number of thioether (sulfide) groups is 1. The molecule has 25 heavy (non-hydrogen) atoms. The summed E-state index contributed by atoms with van der Waals surface area (Å²) in [6.07, 6.45) is 0. The lowest BCUT2D eigenvalue weighted by molar-refractivity contribution is 0.628. The number of aromatic nitrogens is 5. The first-order valence-electron chi connectivity index (χ1n) is 7.25. The van der Waals surface area contributed by atoms with Crippen LogP contribution in [0.25, 0.3) is 0 Å². The smallest absolute Gasteiger partial charge is 0.232 e. The fourth-order valence-corrected chi connectivity index (χ4v) is 2.75. The zero-order valence-electron chi connectivity index (χ0n) is 13.3. The number of anilines is 4. The SMILES string of the molecule is Cc1cc(N)nc(SCc2nc(N)nc(Nc3ccc(F)cc3)n2)n1. The van der Waals surface area contributed by atoms with Crippen LogP contribution in [-0.4, -0.2) is 24.9 Å². The molecule has 3 aromatic rings. The number of benzene rings is 1. The second kappa shape index (κ2) is 7.26. The van der Waals surface area contributed by atoms with Crippen LogP contribution in [0.15, 0.2) is 35.5 Å². The Labute approximate surface area is 147 Å². The van der Waals surface area contributed by atoms with Gasteiger partial charge in [-0.1, -0.05) is 11.8 Å². The standard InChI is InChI=1S/C15H15FN8S/c1-8-6-11(17)21-15(19-8)25-7-12-22-13(18)24-14(23-12)20-10-4-2-9(16)3-5-10/h2-6H,7H2,1H3,(H2,17,19,21)(H3,18,20,22,23,24). The Morgan fingerprint density at radius 1 is 1.04 bits per heavy atom. The Morgan fingerprint density at radius 2 is 1.80 bits per heavy atom. The lowest BCUT2D eigenvalue weighted by atomic mass is 10.3. The minimum atomic E-state index is -0.324. The molecule has 0 unspecified atom stereocenters. The van der Waals surface area contributed by atoms with Crippen LogP contribution in [0.5, 0.6) is 0 Å². The number of nitrogens with zero attached hydrogens (tertiary/aromatic N) is 5. The third kappa shape index (κ3) is 4.73. The Bertz CT molecular complexity index is 867. The molecule has 0 spiro atoms. The van der Waals surface area contributed by atoms with Gasteiger partial charge >= 0.3 is 0 Å². The van der Waals surface area contributed by atoms with Gasteiger partial charge < -0.3 is 16.8 Å². The quantitative estimate of drug-likeness (QED) is 0.465. The number of halogens is 1. The summed E-state index contributed by atoms with van der Waals surface area (Å²) in [5.74, 6) is 1.30. The van der Waals surface area contributed by atoms with E-state index < -0.39 is 0 Å². The van der Waals surface area contributed by atoms with Crippen molar-refractivity contribution in [3.05, 3.63) is 47.7 Å². The van der Waals surface area contributed by atoms with Crippen LogP contribution in [0.3, 0.4) is 0 Å². The average Bonchev–Trinajstić information content (AvgIpc) is 2.54. The third-order valence-electron chi connectivity index (χ3n) is 2.98. The van der Waals surface area contributed by atoms with Crippen LogP contribution in [0, 0.1) is 12.7 Å². The molecular formula is C15H15FN8S. The van der Waals surface area contributed by atoms with Gasteiger partial charge in [0, 0.05) is 17.4 Å². The Morgan fingerprint density at radius 3 is 2.52 bits per heavy atom. The van der Waals surface area contributed by atoms with Gasteiger partial charge in [0.15, 0.2) is 5.16 Å². The predicted octanol–water partition coefficient (Wildman–Crippen LogP) is 2.31. The van der Waals surface area contributed by atoms with Crippen molar-refractivity contribution >= 4 is 35.2 Å². The Hall–Kier alpha value is -3.01. The van der Waals surface area contributed by atoms with E-state index in [9.17, 15) is 4.39 Å². The van der Waals surface area contributed by atoms with Crippen molar-refractivity contribution in [2.24, 2.45) is 0 Å². The maximum absolute atomic E-state index is 13.0. The second-order valence-electron chi connectivity index (χ2n) is 5.07. The van der Waals surface area contributed by atoms with E-state index in [4.69, 9.17) is 11.5 Å². The molecule has 128 valence electrons. The molecule has 0 amide bonds. The van der Waals surface area contributed by atoms with Crippen LogP contribution in [-0.2, 0) is 5.75 Å². The molecule has 0 radical (unpaired) electrons. The third-order valence-corrected chi connectivity index (χ3v) is 3.83. The summed E-state index contributed by atoms with van der Waals surface area (Å²) < 4.78 is 13.0. The number of nitrogens with two attached hydrogens (primary N) is 2. The lowest BCUT2D eigenvalue weighted by Crippen LogP contribution is -2.07. The molecule has 2 aromatic heterocycles. The number of nitrogen functional groups attached to an aromatic ring is 2. The summed E-state index contributed by atoms with van der Waals surface area (Å²) in [6, 6.07) is 7.52. The van der Waals surface area contributed by atoms with Crippen LogP contribution in [0.4, 0.5) is 27.8 Å². The highest BCUT2D eigenvalue weighted by atomic mass is 32.2. The Kier molecular flexibility index (Phi) is 4.89. The largest absolute Gasteiger partial charge is 0.384 e. The van der Waals surface area contributed by atoms with Crippen molar-refractivity contribution in [3.8, 4) is 0 Å². The summed E-state index contributed by atoms with van der Waals surface area (Å²) in [5, 5.41) is 3.49. The van der Waals surface area contributed by atoms with Crippen molar-refractivity contribution in [1.82, 2.24) is 24.9 Å². The minimum absolute atomic E-state index is 0.0832. The normalized spacial score (nSPS) is 10.6. The maximum Gasteiger partial charge on any atom is 0.232 e. The molecule has 3 rings (SSSR count). The number of rotatable bonds is 5. The topological polar surface area (TPSA) is 129 Å². The zero-order chi connectivity index (χ0) is 17.8. The molecule has 10 heteroatoms. The van der Waals surface area contributed by atoms with Gasteiger partial charge in [-0.15, -0.1) is 0 Å². The van der Waals surface area contributed by atoms with Crippen molar-refractivity contribution in [2.45, 2.75) is 17.8 Å². The molecular weight excluding hydrogens is 343 g/mol. The predicted molar refractivity (Wildman–Crippen MR) is 94.7 cm³/mol. The maximum atomic E-state index is 13.0. The number of hydrogen-bond donors (Lipinski definition) is 3. The van der Waals surface area contributed by atoms with Gasteiger partial charge in [-0.25, -0.2) is 14.4 Å². The molecule has 0 bridgehead atoms. The average molecular weight is 358 g/mol. The van der Waals surface area contributed by atoms with Gasteiger partial charge in [0.25, 0.3) is 0 Å². The minimum Gasteiger partial charge on any atom is -0.384 e. The van der Waals surface area contributed by atoms with Crippen LogP contribution >= 0.6 is 11.8 Å². The fourth-order valence-electron chi connectivity index (χ4n) is 1.98. The summed E-state index contributed by atoms with van der Waals surface area (Å²) in [6.45, 7) is 1.84. The molecule has 0 aliphatic carbocycles. The number of aryl methyl sites for hydroxylation is 1. The molecule has 0 fully saturated rings. The van der Waals surface area contributed by atoms with Gasteiger partial charge in [0.2, 0.25) is 11.9 Å².